The Hall–Kier alpha value is -4.67. The largest absolute Gasteiger partial charge is 2.00 e. The van der Waals surface area contributed by atoms with Crippen LogP contribution in [0.3, 0.4) is 0 Å². The second-order valence-electron chi connectivity index (χ2n) is 12.4. The van der Waals surface area contributed by atoms with E-state index in [-0.39, 0.29) is 26.5 Å². The minimum Gasteiger partial charge on any atom is -0.508 e. The molecule has 0 fully saturated rings. The smallest absolute Gasteiger partial charge is 0.508 e. The van der Waals surface area contributed by atoms with Crippen molar-refractivity contribution in [2.75, 3.05) is 0 Å². The zero-order valence-corrected chi connectivity index (χ0v) is 27.9. The number of aromatic nitrogens is 4. The van der Waals surface area contributed by atoms with Crippen LogP contribution < -0.4 is 4.74 Å². The first-order valence-electron chi connectivity index (χ1n) is 14.8. The summed E-state index contributed by atoms with van der Waals surface area (Å²) in [7, 11) is 0. The molecule has 0 unspecified atom stereocenters. The Kier molecular flexibility index (Phi) is 6.94. The SMILES string of the molecule is Cc1cc(C)n(-c2[c-]c(Oc3[c-]c4c(cc3)c3ccccc3n4-c3cc(C(C)(C)C)ccn3)c3c(c2)oc2ccccc23)n1.[Pt+2]. The van der Waals surface area contributed by atoms with Crippen molar-refractivity contribution in [2.24, 2.45) is 0 Å². The quantitative estimate of drug-likeness (QED) is 0.168. The van der Waals surface area contributed by atoms with E-state index < -0.39 is 0 Å². The molecule has 224 valence electrons. The van der Waals surface area contributed by atoms with E-state index in [1.165, 1.54) is 5.56 Å². The van der Waals surface area contributed by atoms with Gasteiger partial charge in [-0.05, 0) is 77.0 Å². The number of hydrogen-bond donors (Lipinski definition) is 0. The topological polar surface area (TPSA) is 58.0 Å². The number of aryl methyl sites for hydroxylation is 2. The van der Waals surface area contributed by atoms with Gasteiger partial charge in [-0.3, -0.25) is 4.68 Å². The van der Waals surface area contributed by atoms with Gasteiger partial charge in [0, 0.05) is 34.5 Å². The third kappa shape index (κ3) is 4.85. The van der Waals surface area contributed by atoms with Gasteiger partial charge in [-0.15, -0.1) is 29.7 Å². The Labute approximate surface area is 275 Å². The minimum absolute atomic E-state index is 0. The van der Waals surface area contributed by atoms with Gasteiger partial charge in [-0.1, -0.05) is 62.7 Å². The average Bonchev–Trinajstić information content (AvgIpc) is 3.66. The summed E-state index contributed by atoms with van der Waals surface area (Å²) < 4.78 is 17.0. The molecule has 0 saturated carbocycles. The van der Waals surface area contributed by atoms with Gasteiger partial charge in [0.2, 0.25) is 0 Å². The number of para-hydroxylation sites is 2. The summed E-state index contributed by atoms with van der Waals surface area (Å²) in [6.45, 7) is 10.7. The Morgan fingerprint density at radius 2 is 1.58 bits per heavy atom. The molecule has 45 heavy (non-hydrogen) atoms. The van der Waals surface area contributed by atoms with Crippen molar-refractivity contribution in [3.05, 3.63) is 120 Å². The molecule has 0 aliphatic rings. The third-order valence-corrected chi connectivity index (χ3v) is 8.21. The fraction of sp³-hybridized carbons (Fsp3) is 0.158. The first-order chi connectivity index (χ1) is 21.2. The zero-order chi connectivity index (χ0) is 30.2. The van der Waals surface area contributed by atoms with Gasteiger partial charge < -0.3 is 13.7 Å². The number of fused-ring (bicyclic) bond motifs is 6. The molecule has 0 aliphatic carbocycles. The van der Waals surface area contributed by atoms with Crippen molar-refractivity contribution in [1.29, 1.82) is 0 Å². The van der Waals surface area contributed by atoms with Crippen LogP contribution >= 0.6 is 0 Å². The van der Waals surface area contributed by atoms with E-state index in [9.17, 15) is 0 Å². The summed E-state index contributed by atoms with van der Waals surface area (Å²) in [5, 5.41) is 8.73. The molecule has 4 aromatic carbocycles. The van der Waals surface area contributed by atoms with Crippen LogP contribution in [0, 0.1) is 26.0 Å². The van der Waals surface area contributed by atoms with Gasteiger partial charge in [0.1, 0.15) is 11.4 Å². The summed E-state index contributed by atoms with van der Waals surface area (Å²) >= 11 is 0. The van der Waals surface area contributed by atoms with Gasteiger partial charge in [0.25, 0.3) is 0 Å². The van der Waals surface area contributed by atoms with Gasteiger partial charge in [0.15, 0.2) is 0 Å². The number of ether oxygens (including phenoxy) is 1. The number of furan rings is 1. The Morgan fingerprint density at radius 1 is 0.800 bits per heavy atom. The second-order valence-corrected chi connectivity index (χ2v) is 12.4. The van der Waals surface area contributed by atoms with E-state index in [0.29, 0.717) is 17.1 Å². The van der Waals surface area contributed by atoms with Crippen LogP contribution in [-0.4, -0.2) is 19.3 Å². The number of nitrogens with zero attached hydrogens (tertiary/aromatic N) is 4. The molecule has 0 spiro atoms. The normalized spacial score (nSPS) is 11.9. The van der Waals surface area contributed by atoms with Crippen LogP contribution in [0.2, 0.25) is 0 Å². The number of hydrogen-bond acceptors (Lipinski definition) is 4. The van der Waals surface area contributed by atoms with E-state index in [2.05, 4.69) is 79.9 Å². The van der Waals surface area contributed by atoms with Gasteiger partial charge >= 0.3 is 21.1 Å². The summed E-state index contributed by atoms with van der Waals surface area (Å²) in [5.41, 5.74) is 7.33. The molecule has 0 amide bonds. The molecule has 8 rings (SSSR count). The average molecular weight is 770 g/mol. The molecule has 0 atom stereocenters. The maximum atomic E-state index is 6.69. The van der Waals surface area contributed by atoms with E-state index >= 15 is 0 Å². The van der Waals surface area contributed by atoms with Crippen LogP contribution in [0.1, 0.15) is 37.7 Å². The first-order valence-corrected chi connectivity index (χ1v) is 14.8. The van der Waals surface area contributed by atoms with Gasteiger partial charge in [0.05, 0.1) is 5.69 Å². The Bertz CT molecular complexity index is 2390. The van der Waals surface area contributed by atoms with Crippen LogP contribution in [0.4, 0.5) is 0 Å². The maximum absolute atomic E-state index is 6.69. The predicted octanol–water partition coefficient (Wildman–Crippen LogP) is 9.57. The molecule has 0 saturated heterocycles. The minimum atomic E-state index is -0.0144. The predicted molar refractivity (Wildman–Crippen MR) is 175 cm³/mol. The van der Waals surface area contributed by atoms with Crippen molar-refractivity contribution in [3.63, 3.8) is 0 Å². The number of rotatable bonds is 4. The Balaban J connectivity index is 0.00000325. The summed E-state index contributed by atoms with van der Waals surface area (Å²) in [4.78, 5) is 4.81. The molecule has 0 bridgehead atoms. The fourth-order valence-electron chi connectivity index (χ4n) is 6.09. The summed E-state index contributed by atoms with van der Waals surface area (Å²) in [6.07, 6.45) is 1.89. The van der Waals surface area contributed by atoms with Gasteiger partial charge in [-0.25, -0.2) is 4.98 Å². The first kappa shape index (κ1) is 29.1. The molecule has 0 N–H and O–H groups in total. The van der Waals surface area contributed by atoms with Crippen molar-refractivity contribution in [3.8, 4) is 23.0 Å². The number of pyridine rings is 1. The standard InChI is InChI=1S/C38H30N4O2.Pt/c1-23-18-24(2)42(40-23)26-20-34(37-30-11-7-9-13-33(30)44-35(37)21-26)43-27-14-15-29-28-10-6-8-12-31(28)41(32(29)22-27)36-19-25(16-17-39-36)38(3,4)5;/h6-19,21H,1-5H3;/q-2;+2. The van der Waals surface area contributed by atoms with Crippen LogP contribution in [-0.2, 0) is 26.5 Å². The molecule has 8 aromatic rings. The molecular weight excluding hydrogens is 740 g/mol. The molecule has 4 heterocycles. The maximum Gasteiger partial charge on any atom is 2.00 e. The van der Waals surface area contributed by atoms with Crippen molar-refractivity contribution < 1.29 is 30.2 Å². The summed E-state index contributed by atoms with van der Waals surface area (Å²) in [6, 6.07) is 35.8. The van der Waals surface area contributed by atoms with Crippen LogP contribution in [0.15, 0.2) is 95.5 Å². The third-order valence-electron chi connectivity index (χ3n) is 8.21. The van der Waals surface area contributed by atoms with E-state index in [4.69, 9.17) is 19.2 Å². The fourth-order valence-corrected chi connectivity index (χ4v) is 6.09. The van der Waals surface area contributed by atoms with Crippen molar-refractivity contribution >= 4 is 43.7 Å². The number of benzene rings is 4. The molecule has 0 aliphatic heterocycles. The molecular formula is C38H30N4O2Pt. The molecule has 4 aromatic heterocycles. The van der Waals surface area contributed by atoms with Crippen LogP contribution in [0.5, 0.6) is 11.5 Å². The van der Waals surface area contributed by atoms with Crippen LogP contribution in [0.25, 0.3) is 55.2 Å². The Morgan fingerprint density at radius 3 is 2.36 bits per heavy atom. The van der Waals surface area contributed by atoms with Crippen molar-refractivity contribution in [2.45, 2.75) is 40.0 Å². The molecule has 6 nitrogen and oxygen atoms in total. The monoisotopic (exact) mass is 769 g/mol. The molecule has 0 radical (unpaired) electrons. The molecule has 7 heteroatoms. The van der Waals surface area contributed by atoms with E-state index in [1.807, 2.05) is 67.2 Å². The summed E-state index contributed by atoms with van der Waals surface area (Å²) in [5.74, 6) is 1.97. The van der Waals surface area contributed by atoms with Gasteiger partial charge in [-0.2, -0.15) is 11.2 Å². The zero-order valence-electron chi connectivity index (χ0n) is 25.6. The van der Waals surface area contributed by atoms with Crippen molar-refractivity contribution in [1.82, 2.24) is 19.3 Å². The van der Waals surface area contributed by atoms with E-state index in [1.54, 1.807) is 0 Å². The second kappa shape index (κ2) is 10.7. The van der Waals surface area contributed by atoms with E-state index in [0.717, 1.165) is 61.1 Å².